The van der Waals surface area contributed by atoms with E-state index in [0.717, 1.165) is 49.6 Å². The van der Waals surface area contributed by atoms with Crippen molar-refractivity contribution in [1.29, 1.82) is 0 Å². The van der Waals surface area contributed by atoms with Gasteiger partial charge in [0.05, 0.1) is 7.11 Å². The highest BCUT2D eigenvalue weighted by molar-refractivity contribution is 5.92. The summed E-state index contributed by atoms with van der Waals surface area (Å²) in [7, 11) is 1.65. The molecule has 1 aromatic carbocycles. The van der Waals surface area contributed by atoms with Crippen molar-refractivity contribution in [3.05, 3.63) is 35.4 Å². The Morgan fingerprint density at radius 2 is 1.96 bits per heavy atom. The minimum absolute atomic E-state index is 0.0813. The molecule has 0 saturated carbocycles. The molecular weight excluding hydrogens is 288 g/mol. The van der Waals surface area contributed by atoms with Gasteiger partial charge in [-0.3, -0.25) is 9.69 Å². The van der Waals surface area contributed by atoms with Crippen LogP contribution >= 0.6 is 0 Å². The van der Waals surface area contributed by atoms with E-state index in [-0.39, 0.29) is 5.91 Å². The molecule has 1 aliphatic heterocycles. The minimum Gasteiger partial charge on any atom is -0.496 e. The zero-order valence-electron chi connectivity index (χ0n) is 14.7. The fourth-order valence-electron chi connectivity index (χ4n) is 2.92. The molecule has 4 heteroatoms. The van der Waals surface area contributed by atoms with Gasteiger partial charge in [0.1, 0.15) is 5.75 Å². The molecule has 1 aromatic rings. The number of carbonyl (C=O) groups is 1. The average molecular weight is 316 g/mol. The SMILES string of the molecule is COc1ccc(C)cc1/C=C/C(=O)N1CCN(CC(C)C)CC1. The largest absolute Gasteiger partial charge is 0.496 e. The zero-order valence-corrected chi connectivity index (χ0v) is 14.7. The summed E-state index contributed by atoms with van der Waals surface area (Å²) in [5, 5.41) is 0. The Hall–Kier alpha value is -1.81. The lowest BCUT2D eigenvalue weighted by Crippen LogP contribution is -2.49. The molecule has 23 heavy (non-hydrogen) atoms. The number of hydrogen-bond donors (Lipinski definition) is 0. The Labute approximate surface area is 139 Å². The molecular formula is C19H28N2O2. The van der Waals surface area contributed by atoms with Crippen molar-refractivity contribution in [3.8, 4) is 5.75 Å². The molecule has 1 saturated heterocycles. The molecule has 1 aliphatic rings. The van der Waals surface area contributed by atoms with Crippen LogP contribution in [-0.2, 0) is 4.79 Å². The first-order chi connectivity index (χ1) is 11.0. The molecule has 0 spiro atoms. The third-order valence-corrected chi connectivity index (χ3v) is 4.10. The van der Waals surface area contributed by atoms with E-state index in [1.54, 1.807) is 13.2 Å². The van der Waals surface area contributed by atoms with Crippen LogP contribution < -0.4 is 4.74 Å². The molecule has 0 bridgehead atoms. The molecule has 0 aliphatic carbocycles. The van der Waals surface area contributed by atoms with Crippen molar-refractivity contribution in [2.24, 2.45) is 5.92 Å². The molecule has 1 heterocycles. The summed E-state index contributed by atoms with van der Waals surface area (Å²) in [6.45, 7) is 11.1. The number of ether oxygens (including phenoxy) is 1. The van der Waals surface area contributed by atoms with E-state index in [1.165, 1.54) is 0 Å². The maximum Gasteiger partial charge on any atom is 0.246 e. The van der Waals surface area contributed by atoms with Crippen molar-refractivity contribution >= 4 is 12.0 Å². The second-order valence-electron chi connectivity index (χ2n) is 6.60. The van der Waals surface area contributed by atoms with Crippen LogP contribution in [0.25, 0.3) is 6.08 Å². The Morgan fingerprint density at radius 3 is 2.57 bits per heavy atom. The van der Waals surface area contributed by atoms with Crippen LogP contribution in [-0.4, -0.2) is 55.5 Å². The Balaban J connectivity index is 1.94. The highest BCUT2D eigenvalue weighted by atomic mass is 16.5. The molecule has 126 valence electrons. The first-order valence-electron chi connectivity index (χ1n) is 8.33. The fourth-order valence-corrected chi connectivity index (χ4v) is 2.92. The minimum atomic E-state index is 0.0813. The van der Waals surface area contributed by atoms with Gasteiger partial charge in [-0.25, -0.2) is 0 Å². The summed E-state index contributed by atoms with van der Waals surface area (Å²) < 4.78 is 5.35. The summed E-state index contributed by atoms with van der Waals surface area (Å²) in [4.78, 5) is 16.7. The number of aryl methyl sites for hydroxylation is 1. The molecule has 0 N–H and O–H groups in total. The fraction of sp³-hybridized carbons (Fsp3) is 0.526. The molecule has 1 amide bonds. The number of rotatable bonds is 5. The van der Waals surface area contributed by atoms with Crippen LogP contribution in [0.5, 0.6) is 5.75 Å². The molecule has 4 nitrogen and oxygen atoms in total. The van der Waals surface area contributed by atoms with Gasteiger partial charge in [0.15, 0.2) is 0 Å². The third-order valence-electron chi connectivity index (χ3n) is 4.10. The second-order valence-corrected chi connectivity index (χ2v) is 6.60. The number of nitrogens with zero attached hydrogens (tertiary/aromatic N) is 2. The van der Waals surface area contributed by atoms with Gasteiger partial charge >= 0.3 is 0 Å². The lowest BCUT2D eigenvalue weighted by molar-refractivity contribution is -0.127. The van der Waals surface area contributed by atoms with Crippen LogP contribution in [0.1, 0.15) is 25.0 Å². The normalized spacial score (nSPS) is 16.3. The molecule has 0 radical (unpaired) electrons. The highest BCUT2D eigenvalue weighted by Gasteiger charge is 2.19. The Kier molecular flexibility index (Phi) is 6.22. The van der Waals surface area contributed by atoms with E-state index in [4.69, 9.17) is 4.74 Å². The topological polar surface area (TPSA) is 32.8 Å². The predicted molar refractivity (Wildman–Crippen MR) is 94.6 cm³/mol. The lowest BCUT2D eigenvalue weighted by atomic mass is 10.1. The van der Waals surface area contributed by atoms with E-state index in [2.05, 4.69) is 18.7 Å². The van der Waals surface area contributed by atoms with Crippen molar-refractivity contribution in [2.75, 3.05) is 39.8 Å². The average Bonchev–Trinajstić information content (AvgIpc) is 2.53. The molecule has 0 unspecified atom stereocenters. The molecule has 0 aromatic heterocycles. The maximum absolute atomic E-state index is 12.4. The van der Waals surface area contributed by atoms with Crippen LogP contribution in [0.2, 0.25) is 0 Å². The van der Waals surface area contributed by atoms with Crippen LogP contribution in [0.3, 0.4) is 0 Å². The highest BCUT2D eigenvalue weighted by Crippen LogP contribution is 2.21. The Bertz CT molecular complexity index is 558. The number of benzene rings is 1. The monoisotopic (exact) mass is 316 g/mol. The summed E-state index contributed by atoms with van der Waals surface area (Å²) >= 11 is 0. The van der Waals surface area contributed by atoms with Gasteiger partial charge < -0.3 is 9.64 Å². The molecule has 1 fully saturated rings. The van der Waals surface area contributed by atoms with Gasteiger partial charge in [0, 0.05) is 44.4 Å². The van der Waals surface area contributed by atoms with Crippen molar-refractivity contribution in [3.63, 3.8) is 0 Å². The van der Waals surface area contributed by atoms with E-state index in [1.807, 2.05) is 36.1 Å². The molecule has 0 atom stereocenters. The van der Waals surface area contributed by atoms with Crippen molar-refractivity contribution in [1.82, 2.24) is 9.80 Å². The van der Waals surface area contributed by atoms with Gasteiger partial charge in [-0.05, 0) is 31.1 Å². The van der Waals surface area contributed by atoms with Crippen LogP contribution in [0.4, 0.5) is 0 Å². The van der Waals surface area contributed by atoms with Crippen LogP contribution in [0, 0.1) is 12.8 Å². The van der Waals surface area contributed by atoms with E-state index in [9.17, 15) is 4.79 Å². The number of hydrogen-bond acceptors (Lipinski definition) is 3. The Morgan fingerprint density at radius 1 is 1.26 bits per heavy atom. The standard InChI is InChI=1S/C19H28N2O2/c1-15(2)14-20-9-11-21(12-10-20)19(22)8-6-17-13-16(3)5-7-18(17)23-4/h5-8,13,15H,9-12,14H2,1-4H3/b8-6+. The summed E-state index contributed by atoms with van der Waals surface area (Å²) in [6, 6.07) is 5.97. The number of amides is 1. The van der Waals surface area contributed by atoms with Gasteiger partial charge in [-0.2, -0.15) is 0 Å². The first-order valence-corrected chi connectivity index (χ1v) is 8.33. The lowest BCUT2D eigenvalue weighted by Gasteiger charge is -2.35. The van der Waals surface area contributed by atoms with E-state index in [0.29, 0.717) is 5.92 Å². The number of methoxy groups -OCH3 is 1. The van der Waals surface area contributed by atoms with Gasteiger partial charge in [-0.15, -0.1) is 0 Å². The summed E-state index contributed by atoms with van der Waals surface area (Å²) in [6.07, 6.45) is 3.52. The number of carbonyl (C=O) groups excluding carboxylic acids is 1. The second kappa shape index (κ2) is 8.16. The van der Waals surface area contributed by atoms with Crippen LogP contribution in [0.15, 0.2) is 24.3 Å². The summed E-state index contributed by atoms with van der Waals surface area (Å²) in [5.74, 6) is 1.55. The zero-order chi connectivity index (χ0) is 16.8. The van der Waals surface area contributed by atoms with Gasteiger partial charge in [0.25, 0.3) is 0 Å². The van der Waals surface area contributed by atoms with Crippen molar-refractivity contribution in [2.45, 2.75) is 20.8 Å². The smallest absolute Gasteiger partial charge is 0.246 e. The summed E-state index contributed by atoms with van der Waals surface area (Å²) in [5.41, 5.74) is 2.10. The third kappa shape index (κ3) is 5.10. The van der Waals surface area contributed by atoms with E-state index < -0.39 is 0 Å². The predicted octanol–water partition coefficient (Wildman–Crippen LogP) is 2.82. The van der Waals surface area contributed by atoms with Gasteiger partial charge in [0.2, 0.25) is 5.91 Å². The maximum atomic E-state index is 12.4. The molecule has 2 rings (SSSR count). The van der Waals surface area contributed by atoms with Gasteiger partial charge in [-0.1, -0.05) is 25.5 Å². The van der Waals surface area contributed by atoms with Crippen molar-refractivity contribution < 1.29 is 9.53 Å². The van der Waals surface area contributed by atoms with E-state index >= 15 is 0 Å². The first kappa shape index (κ1) is 17.5. The quantitative estimate of drug-likeness (QED) is 0.783. The number of piperazine rings is 1.